The highest BCUT2D eigenvalue weighted by Crippen LogP contribution is 2.24. The van der Waals surface area contributed by atoms with Gasteiger partial charge < -0.3 is 14.5 Å². The molecule has 0 spiro atoms. The van der Waals surface area contributed by atoms with Crippen molar-refractivity contribution in [1.29, 1.82) is 0 Å². The number of aromatic nitrogens is 1. The van der Waals surface area contributed by atoms with Gasteiger partial charge in [-0.2, -0.15) is 0 Å². The number of pyridine rings is 1. The molecule has 0 unspecified atom stereocenters. The number of carbonyl (C=O) groups is 2. The monoisotopic (exact) mass is 367 g/mol. The van der Waals surface area contributed by atoms with E-state index in [4.69, 9.17) is 4.74 Å². The summed E-state index contributed by atoms with van der Waals surface area (Å²) in [5, 5.41) is 0. The summed E-state index contributed by atoms with van der Waals surface area (Å²) in [5.74, 6) is 0.771. The third kappa shape index (κ3) is 4.27. The summed E-state index contributed by atoms with van der Waals surface area (Å²) in [6.07, 6.45) is 3.53. The van der Waals surface area contributed by atoms with E-state index in [-0.39, 0.29) is 11.8 Å². The van der Waals surface area contributed by atoms with E-state index in [1.165, 1.54) is 0 Å². The number of aryl methyl sites for hydroxylation is 2. The van der Waals surface area contributed by atoms with Crippen LogP contribution >= 0.6 is 0 Å². The van der Waals surface area contributed by atoms with Gasteiger partial charge in [-0.25, -0.2) is 0 Å². The van der Waals surface area contributed by atoms with Gasteiger partial charge in [-0.1, -0.05) is 6.07 Å². The van der Waals surface area contributed by atoms with Crippen molar-refractivity contribution in [3.05, 3.63) is 58.9 Å². The lowest BCUT2D eigenvalue weighted by atomic mass is 10.0. The Labute approximate surface area is 159 Å². The molecule has 1 aromatic heterocycles. The van der Waals surface area contributed by atoms with Crippen LogP contribution in [0.15, 0.2) is 36.7 Å². The molecule has 6 nitrogen and oxygen atoms in total. The Morgan fingerprint density at radius 1 is 1.07 bits per heavy atom. The first-order valence-electron chi connectivity index (χ1n) is 9.10. The Balaban J connectivity index is 1.61. The summed E-state index contributed by atoms with van der Waals surface area (Å²) in [6.45, 7) is 6.20. The van der Waals surface area contributed by atoms with Crippen molar-refractivity contribution in [3.8, 4) is 5.75 Å². The molecule has 1 aliphatic rings. The van der Waals surface area contributed by atoms with Crippen LogP contribution in [0.25, 0.3) is 0 Å². The Kier molecular flexibility index (Phi) is 5.74. The van der Waals surface area contributed by atoms with Gasteiger partial charge in [0.15, 0.2) is 0 Å². The van der Waals surface area contributed by atoms with Gasteiger partial charge in [0.05, 0.1) is 19.1 Å². The molecule has 0 aliphatic carbocycles. The first-order valence-corrected chi connectivity index (χ1v) is 9.10. The summed E-state index contributed by atoms with van der Waals surface area (Å²) in [6, 6.07) is 7.51. The van der Waals surface area contributed by atoms with Crippen LogP contribution in [0, 0.1) is 13.8 Å². The highest BCUT2D eigenvalue weighted by Gasteiger charge is 2.25. The predicted octanol–water partition coefficient (Wildman–Crippen LogP) is 2.23. The molecule has 2 amide bonds. The van der Waals surface area contributed by atoms with Crippen molar-refractivity contribution in [2.45, 2.75) is 20.3 Å². The molecule has 0 saturated carbocycles. The molecule has 142 valence electrons. The van der Waals surface area contributed by atoms with Crippen molar-refractivity contribution in [1.82, 2.24) is 14.8 Å². The van der Waals surface area contributed by atoms with E-state index < -0.39 is 0 Å². The number of piperazine rings is 1. The smallest absolute Gasteiger partial charge is 0.255 e. The Morgan fingerprint density at radius 2 is 1.74 bits per heavy atom. The zero-order valence-corrected chi connectivity index (χ0v) is 16.1. The molecule has 6 heteroatoms. The Morgan fingerprint density at radius 3 is 2.37 bits per heavy atom. The van der Waals surface area contributed by atoms with Crippen LogP contribution in [0.3, 0.4) is 0 Å². The predicted molar refractivity (Wildman–Crippen MR) is 103 cm³/mol. The topological polar surface area (TPSA) is 62.7 Å². The normalized spacial score (nSPS) is 14.2. The van der Waals surface area contributed by atoms with Crippen LogP contribution in [0.4, 0.5) is 0 Å². The van der Waals surface area contributed by atoms with Crippen LogP contribution < -0.4 is 4.74 Å². The molecule has 2 heterocycles. The fourth-order valence-electron chi connectivity index (χ4n) is 3.28. The maximum absolute atomic E-state index is 12.7. The second-order valence-electron chi connectivity index (χ2n) is 6.84. The number of hydrogen-bond donors (Lipinski definition) is 0. The first-order chi connectivity index (χ1) is 13.0. The molecule has 0 radical (unpaired) electrons. The van der Waals surface area contributed by atoms with E-state index in [0.29, 0.717) is 38.2 Å². The molecular formula is C21H25N3O3. The standard InChI is InChI=1S/C21H25N3O3/c1-15-11-18(19(27-3)12-16(15)2)13-20(25)23-7-9-24(10-8-23)21(26)17-5-4-6-22-14-17/h4-6,11-12,14H,7-10,13H2,1-3H3. The van der Waals surface area contributed by atoms with E-state index in [0.717, 1.165) is 22.4 Å². The zero-order chi connectivity index (χ0) is 19.4. The summed E-state index contributed by atoms with van der Waals surface area (Å²) in [4.78, 5) is 32.8. The second kappa shape index (κ2) is 8.20. The minimum atomic E-state index is -0.0361. The van der Waals surface area contributed by atoms with Crippen molar-refractivity contribution < 1.29 is 14.3 Å². The third-order valence-electron chi connectivity index (χ3n) is 5.07. The van der Waals surface area contributed by atoms with Gasteiger partial charge in [-0.15, -0.1) is 0 Å². The number of ether oxygens (including phenoxy) is 1. The van der Waals surface area contributed by atoms with E-state index >= 15 is 0 Å². The molecule has 0 N–H and O–H groups in total. The van der Waals surface area contributed by atoms with Crippen molar-refractivity contribution in [3.63, 3.8) is 0 Å². The largest absolute Gasteiger partial charge is 0.496 e. The minimum Gasteiger partial charge on any atom is -0.496 e. The molecule has 27 heavy (non-hydrogen) atoms. The highest BCUT2D eigenvalue weighted by atomic mass is 16.5. The molecule has 2 aromatic rings. The maximum atomic E-state index is 12.7. The number of rotatable bonds is 4. The highest BCUT2D eigenvalue weighted by molar-refractivity contribution is 5.94. The van der Waals surface area contributed by atoms with Crippen LogP contribution in [0.1, 0.15) is 27.0 Å². The van der Waals surface area contributed by atoms with Crippen LogP contribution in [-0.4, -0.2) is 59.9 Å². The van der Waals surface area contributed by atoms with Gasteiger partial charge >= 0.3 is 0 Å². The van der Waals surface area contributed by atoms with Crippen molar-refractivity contribution in [2.24, 2.45) is 0 Å². The molecular weight excluding hydrogens is 342 g/mol. The SMILES string of the molecule is COc1cc(C)c(C)cc1CC(=O)N1CCN(C(=O)c2cccnc2)CC1. The van der Waals surface area contributed by atoms with Crippen LogP contribution in [0.2, 0.25) is 0 Å². The summed E-state index contributed by atoms with van der Waals surface area (Å²) < 4.78 is 5.44. The van der Waals surface area contributed by atoms with Crippen molar-refractivity contribution >= 4 is 11.8 Å². The average Bonchev–Trinajstić information content (AvgIpc) is 2.70. The molecule has 1 aliphatic heterocycles. The second-order valence-corrected chi connectivity index (χ2v) is 6.84. The van der Waals surface area contributed by atoms with Gasteiger partial charge in [0.25, 0.3) is 5.91 Å². The van der Waals surface area contributed by atoms with Crippen LogP contribution in [-0.2, 0) is 11.2 Å². The average molecular weight is 367 g/mol. The van der Waals surface area contributed by atoms with Gasteiger partial charge in [-0.3, -0.25) is 14.6 Å². The molecule has 1 aromatic carbocycles. The van der Waals surface area contributed by atoms with Gasteiger partial charge in [-0.05, 0) is 43.2 Å². The fourth-order valence-corrected chi connectivity index (χ4v) is 3.28. The minimum absolute atomic E-state index is 0.0361. The van der Waals surface area contributed by atoms with E-state index in [2.05, 4.69) is 4.98 Å². The molecule has 1 fully saturated rings. The number of methoxy groups -OCH3 is 1. The Hall–Kier alpha value is -2.89. The lowest BCUT2D eigenvalue weighted by Gasteiger charge is -2.35. The first kappa shape index (κ1) is 18.9. The number of nitrogens with zero attached hydrogens (tertiary/aromatic N) is 3. The van der Waals surface area contributed by atoms with Gasteiger partial charge in [0, 0.05) is 44.1 Å². The number of benzene rings is 1. The molecule has 0 bridgehead atoms. The van der Waals surface area contributed by atoms with Crippen molar-refractivity contribution in [2.75, 3.05) is 33.3 Å². The summed E-state index contributed by atoms with van der Waals surface area (Å²) in [5.41, 5.74) is 3.77. The number of hydrogen-bond acceptors (Lipinski definition) is 4. The lowest BCUT2D eigenvalue weighted by molar-refractivity contribution is -0.131. The summed E-state index contributed by atoms with van der Waals surface area (Å²) in [7, 11) is 1.63. The summed E-state index contributed by atoms with van der Waals surface area (Å²) >= 11 is 0. The third-order valence-corrected chi connectivity index (χ3v) is 5.07. The Bertz CT molecular complexity index is 828. The fraction of sp³-hybridized carbons (Fsp3) is 0.381. The molecule has 1 saturated heterocycles. The maximum Gasteiger partial charge on any atom is 0.255 e. The van der Waals surface area contributed by atoms with E-state index in [1.807, 2.05) is 30.9 Å². The zero-order valence-electron chi connectivity index (χ0n) is 16.1. The van der Waals surface area contributed by atoms with E-state index in [9.17, 15) is 9.59 Å². The van der Waals surface area contributed by atoms with Gasteiger partial charge in [0.1, 0.15) is 5.75 Å². The number of amides is 2. The van der Waals surface area contributed by atoms with E-state index in [1.54, 1.807) is 36.5 Å². The molecule has 3 rings (SSSR count). The molecule has 0 atom stereocenters. The number of carbonyl (C=O) groups excluding carboxylic acids is 2. The quantitative estimate of drug-likeness (QED) is 0.831. The lowest BCUT2D eigenvalue weighted by Crippen LogP contribution is -2.51. The van der Waals surface area contributed by atoms with Gasteiger partial charge in [0.2, 0.25) is 5.91 Å². The van der Waals surface area contributed by atoms with Crippen LogP contribution in [0.5, 0.6) is 5.75 Å².